The molecule has 1 aromatic carbocycles. The van der Waals surface area contributed by atoms with Crippen molar-refractivity contribution >= 4 is 5.91 Å². The zero-order valence-electron chi connectivity index (χ0n) is 13.7. The van der Waals surface area contributed by atoms with E-state index >= 15 is 0 Å². The molecule has 6 heteroatoms. The van der Waals surface area contributed by atoms with Gasteiger partial charge in [-0.05, 0) is 31.7 Å². The van der Waals surface area contributed by atoms with Gasteiger partial charge in [-0.3, -0.25) is 9.69 Å². The zero-order valence-corrected chi connectivity index (χ0v) is 13.7. The van der Waals surface area contributed by atoms with Crippen LogP contribution in [0.3, 0.4) is 0 Å². The number of aryl methyl sites for hydroxylation is 1. The largest absolute Gasteiger partial charge is 0.497 e. The first-order valence-corrected chi connectivity index (χ1v) is 7.65. The minimum absolute atomic E-state index is 0.0755. The fraction of sp³-hybridized carbons (Fsp3) is 0.412. The van der Waals surface area contributed by atoms with Crippen molar-refractivity contribution in [1.29, 1.82) is 0 Å². The number of rotatable bonds is 3. The van der Waals surface area contributed by atoms with Gasteiger partial charge in [0.15, 0.2) is 5.69 Å². The number of carbonyl (C=O) groups excluding carboxylic acids is 1. The predicted molar refractivity (Wildman–Crippen MR) is 85.5 cm³/mol. The number of likely N-dealkylation sites (N-methyl/N-ethyl adjacent to an activating group) is 1. The van der Waals surface area contributed by atoms with Crippen molar-refractivity contribution in [1.82, 2.24) is 15.0 Å². The van der Waals surface area contributed by atoms with E-state index in [1.54, 1.807) is 20.1 Å². The number of ether oxygens (including phenoxy) is 1. The molecule has 1 amide bonds. The minimum Gasteiger partial charge on any atom is -0.497 e. The molecular weight excluding hydrogens is 294 g/mol. The lowest BCUT2D eigenvalue weighted by Gasteiger charge is -2.39. The maximum absolute atomic E-state index is 12.6. The van der Waals surface area contributed by atoms with Crippen LogP contribution in [-0.2, 0) is 0 Å². The van der Waals surface area contributed by atoms with Crippen molar-refractivity contribution in [2.75, 3.05) is 33.8 Å². The summed E-state index contributed by atoms with van der Waals surface area (Å²) in [5.74, 6) is 1.40. The maximum Gasteiger partial charge on any atom is 0.276 e. The van der Waals surface area contributed by atoms with Crippen molar-refractivity contribution in [3.63, 3.8) is 0 Å². The number of hydrogen-bond acceptors (Lipinski definition) is 5. The summed E-state index contributed by atoms with van der Waals surface area (Å²) < 4.78 is 10.2. The molecule has 2 heterocycles. The van der Waals surface area contributed by atoms with Crippen LogP contribution in [0.5, 0.6) is 5.75 Å². The van der Waals surface area contributed by atoms with E-state index in [1.165, 1.54) is 5.56 Å². The van der Waals surface area contributed by atoms with E-state index in [0.717, 1.165) is 12.3 Å². The van der Waals surface area contributed by atoms with E-state index in [0.29, 0.717) is 24.5 Å². The third kappa shape index (κ3) is 3.22. The Morgan fingerprint density at radius 3 is 2.65 bits per heavy atom. The zero-order chi connectivity index (χ0) is 16.4. The van der Waals surface area contributed by atoms with Gasteiger partial charge in [0, 0.05) is 25.7 Å². The quantitative estimate of drug-likeness (QED) is 0.868. The van der Waals surface area contributed by atoms with Gasteiger partial charge in [0.05, 0.1) is 13.2 Å². The van der Waals surface area contributed by atoms with E-state index < -0.39 is 0 Å². The number of aromatic nitrogens is 1. The molecule has 0 saturated carbocycles. The summed E-state index contributed by atoms with van der Waals surface area (Å²) in [5.41, 5.74) is 1.54. The van der Waals surface area contributed by atoms with Gasteiger partial charge in [-0.25, -0.2) is 0 Å². The Morgan fingerprint density at radius 1 is 1.30 bits per heavy atom. The van der Waals surface area contributed by atoms with E-state index in [4.69, 9.17) is 9.26 Å². The lowest BCUT2D eigenvalue weighted by atomic mass is 10.0. The molecule has 1 aromatic heterocycles. The van der Waals surface area contributed by atoms with Crippen molar-refractivity contribution in [2.45, 2.75) is 13.0 Å². The molecule has 23 heavy (non-hydrogen) atoms. The van der Waals surface area contributed by atoms with E-state index in [-0.39, 0.29) is 11.9 Å². The molecule has 0 bridgehead atoms. The van der Waals surface area contributed by atoms with Gasteiger partial charge in [0.1, 0.15) is 11.5 Å². The fourth-order valence-electron chi connectivity index (χ4n) is 2.87. The Bertz CT molecular complexity index is 681. The number of amides is 1. The van der Waals surface area contributed by atoms with Crippen LogP contribution in [0, 0.1) is 6.92 Å². The van der Waals surface area contributed by atoms with Crippen LogP contribution in [0.4, 0.5) is 0 Å². The molecular formula is C17H21N3O3. The highest BCUT2D eigenvalue weighted by Crippen LogP contribution is 2.26. The van der Waals surface area contributed by atoms with Crippen LogP contribution in [-0.4, -0.2) is 54.7 Å². The Balaban J connectivity index is 1.77. The number of nitrogens with zero attached hydrogens (tertiary/aromatic N) is 3. The number of benzene rings is 1. The Labute approximate surface area is 135 Å². The van der Waals surface area contributed by atoms with Crippen LogP contribution < -0.4 is 4.74 Å². The van der Waals surface area contributed by atoms with Gasteiger partial charge in [-0.15, -0.1) is 0 Å². The van der Waals surface area contributed by atoms with E-state index in [2.05, 4.69) is 17.1 Å². The summed E-state index contributed by atoms with van der Waals surface area (Å²) in [6.45, 7) is 3.93. The first-order chi connectivity index (χ1) is 11.1. The molecule has 1 unspecified atom stereocenters. The Hall–Kier alpha value is -2.34. The van der Waals surface area contributed by atoms with Crippen LogP contribution in [0.25, 0.3) is 0 Å². The van der Waals surface area contributed by atoms with Crippen LogP contribution in [0.1, 0.15) is 27.9 Å². The van der Waals surface area contributed by atoms with E-state index in [9.17, 15) is 4.79 Å². The number of carbonyl (C=O) groups is 1. The maximum atomic E-state index is 12.6. The van der Waals surface area contributed by atoms with Crippen LogP contribution >= 0.6 is 0 Å². The lowest BCUT2D eigenvalue weighted by Crippen LogP contribution is -2.49. The highest BCUT2D eigenvalue weighted by Gasteiger charge is 2.30. The van der Waals surface area contributed by atoms with E-state index in [1.807, 2.05) is 29.2 Å². The number of methoxy groups -OCH3 is 1. The second-order valence-electron chi connectivity index (χ2n) is 5.84. The van der Waals surface area contributed by atoms with Crippen LogP contribution in [0.2, 0.25) is 0 Å². The smallest absolute Gasteiger partial charge is 0.276 e. The SMILES string of the molecule is COc1ccc(C2CN(C(=O)c3cc(C)on3)CCN2C)cc1. The van der Waals surface area contributed by atoms with Crippen molar-refractivity contribution in [3.05, 3.63) is 47.3 Å². The average Bonchev–Trinajstić information content (AvgIpc) is 3.01. The lowest BCUT2D eigenvalue weighted by molar-refractivity contribution is 0.0536. The summed E-state index contributed by atoms with van der Waals surface area (Å²) in [6.07, 6.45) is 0. The molecule has 0 N–H and O–H groups in total. The highest BCUT2D eigenvalue weighted by molar-refractivity contribution is 5.92. The molecule has 1 aliphatic rings. The third-order valence-electron chi connectivity index (χ3n) is 4.28. The molecule has 2 aromatic rings. The number of hydrogen-bond donors (Lipinski definition) is 0. The Morgan fingerprint density at radius 2 is 2.04 bits per heavy atom. The van der Waals surface area contributed by atoms with Crippen molar-refractivity contribution in [3.8, 4) is 5.75 Å². The highest BCUT2D eigenvalue weighted by atomic mass is 16.5. The molecule has 1 atom stereocenters. The second kappa shape index (κ2) is 6.42. The molecule has 1 saturated heterocycles. The summed E-state index contributed by atoms with van der Waals surface area (Å²) in [4.78, 5) is 16.7. The first kappa shape index (κ1) is 15.6. The summed E-state index contributed by atoms with van der Waals surface area (Å²) in [6, 6.07) is 9.84. The monoisotopic (exact) mass is 315 g/mol. The molecule has 3 rings (SSSR count). The average molecular weight is 315 g/mol. The van der Waals surface area contributed by atoms with Crippen molar-refractivity contribution < 1.29 is 14.1 Å². The molecule has 122 valence electrons. The summed E-state index contributed by atoms with van der Waals surface area (Å²) in [5, 5.41) is 3.83. The summed E-state index contributed by atoms with van der Waals surface area (Å²) in [7, 11) is 3.74. The fourth-order valence-corrected chi connectivity index (χ4v) is 2.87. The molecule has 0 spiro atoms. The normalized spacial score (nSPS) is 18.9. The van der Waals surface area contributed by atoms with Gasteiger partial charge in [0.25, 0.3) is 5.91 Å². The standard InChI is InChI=1S/C17H21N3O3/c1-12-10-15(18-23-12)17(21)20-9-8-19(2)16(11-20)13-4-6-14(22-3)7-5-13/h4-7,10,16H,8-9,11H2,1-3H3. The third-order valence-corrected chi connectivity index (χ3v) is 4.28. The Kier molecular flexibility index (Phi) is 4.34. The summed E-state index contributed by atoms with van der Waals surface area (Å²) >= 11 is 0. The minimum atomic E-state index is -0.0755. The van der Waals surface area contributed by atoms with Gasteiger partial charge < -0.3 is 14.2 Å². The number of piperazine rings is 1. The molecule has 0 aliphatic carbocycles. The molecule has 0 radical (unpaired) electrons. The first-order valence-electron chi connectivity index (χ1n) is 7.65. The van der Waals surface area contributed by atoms with Gasteiger partial charge in [0.2, 0.25) is 0 Å². The second-order valence-corrected chi connectivity index (χ2v) is 5.84. The topological polar surface area (TPSA) is 58.8 Å². The van der Waals surface area contributed by atoms with Crippen LogP contribution in [0.15, 0.2) is 34.9 Å². The predicted octanol–water partition coefficient (Wildman–Crippen LogP) is 2.12. The molecule has 1 fully saturated rings. The van der Waals surface area contributed by atoms with Gasteiger partial charge in [-0.2, -0.15) is 0 Å². The van der Waals surface area contributed by atoms with Gasteiger partial charge >= 0.3 is 0 Å². The molecule has 6 nitrogen and oxygen atoms in total. The van der Waals surface area contributed by atoms with Crippen molar-refractivity contribution in [2.24, 2.45) is 0 Å². The molecule has 1 aliphatic heterocycles. The van der Waals surface area contributed by atoms with Gasteiger partial charge in [-0.1, -0.05) is 17.3 Å².